The standard InChI is InChI=1S/C24H25N3O5/c1-2-3-12-21-26-23(32-27-21)20(13-22(28)29)25-24(30)31-14-19-17-10-6-4-8-15(17)16-9-5-7-11-18(16)19/h4-11,19-20H,2-3,12-14H2,1H3,(H,25,30)(H,28,29)/t20-/m0/s1. The van der Waals surface area contributed by atoms with Crippen molar-refractivity contribution in [2.24, 2.45) is 0 Å². The van der Waals surface area contributed by atoms with Gasteiger partial charge in [0, 0.05) is 12.3 Å². The zero-order chi connectivity index (χ0) is 22.5. The number of carbonyl (C=O) groups excluding carboxylic acids is 1. The van der Waals surface area contributed by atoms with Crippen LogP contribution in [0.5, 0.6) is 0 Å². The second kappa shape index (κ2) is 9.64. The summed E-state index contributed by atoms with van der Waals surface area (Å²) in [6, 6.07) is 15.1. The molecule has 166 valence electrons. The maximum Gasteiger partial charge on any atom is 0.407 e. The summed E-state index contributed by atoms with van der Waals surface area (Å²) in [4.78, 5) is 28.1. The van der Waals surface area contributed by atoms with Crippen molar-refractivity contribution in [3.05, 3.63) is 71.4 Å². The van der Waals surface area contributed by atoms with Crippen LogP contribution < -0.4 is 5.32 Å². The second-order valence-corrected chi connectivity index (χ2v) is 7.77. The summed E-state index contributed by atoms with van der Waals surface area (Å²) in [6.07, 6.45) is 1.37. The third-order valence-electron chi connectivity index (χ3n) is 5.55. The van der Waals surface area contributed by atoms with Crippen LogP contribution in [-0.4, -0.2) is 33.9 Å². The average molecular weight is 435 g/mol. The van der Waals surface area contributed by atoms with E-state index < -0.39 is 18.1 Å². The fraction of sp³-hybridized carbons (Fsp3) is 0.333. The first-order chi connectivity index (χ1) is 15.6. The molecule has 1 aliphatic rings. The highest BCUT2D eigenvalue weighted by Gasteiger charge is 2.30. The molecular formula is C24H25N3O5. The Bertz CT molecular complexity index is 1060. The van der Waals surface area contributed by atoms with E-state index in [0.717, 1.165) is 35.1 Å². The zero-order valence-corrected chi connectivity index (χ0v) is 17.8. The van der Waals surface area contributed by atoms with E-state index in [9.17, 15) is 14.7 Å². The largest absolute Gasteiger partial charge is 0.481 e. The van der Waals surface area contributed by atoms with Gasteiger partial charge in [-0.3, -0.25) is 4.79 Å². The molecule has 0 radical (unpaired) electrons. The van der Waals surface area contributed by atoms with Crippen molar-refractivity contribution in [3.63, 3.8) is 0 Å². The zero-order valence-electron chi connectivity index (χ0n) is 17.8. The number of nitrogens with zero attached hydrogens (tertiary/aromatic N) is 2. The van der Waals surface area contributed by atoms with E-state index in [1.165, 1.54) is 0 Å². The van der Waals surface area contributed by atoms with E-state index in [1.807, 2.05) is 43.3 Å². The van der Waals surface area contributed by atoms with Crippen LogP contribution in [0.3, 0.4) is 0 Å². The number of benzene rings is 2. The molecule has 0 saturated carbocycles. The lowest BCUT2D eigenvalue weighted by Crippen LogP contribution is -2.32. The Hall–Kier alpha value is -3.68. The highest BCUT2D eigenvalue weighted by molar-refractivity contribution is 5.79. The van der Waals surface area contributed by atoms with Crippen LogP contribution in [-0.2, 0) is 16.0 Å². The molecule has 8 nitrogen and oxygen atoms in total. The smallest absolute Gasteiger partial charge is 0.407 e. The van der Waals surface area contributed by atoms with Gasteiger partial charge in [-0.2, -0.15) is 4.98 Å². The number of aryl methyl sites for hydroxylation is 1. The summed E-state index contributed by atoms with van der Waals surface area (Å²) in [7, 11) is 0. The van der Waals surface area contributed by atoms with Crippen molar-refractivity contribution in [1.82, 2.24) is 15.5 Å². The molecule has 0 saturated heterocycles. The van der Waals surface area contributed by atoms with Gasteiger partial charge in [-0.15, -0.1) is 0 Å². The molecule has 3 aromatic rings. The van der Waals surface area contributed by atoms with E-state index in [-0.39, 0.29) is 24.8 Å². The second-order valence-electron chi connectivity index (χ2n) is 7.77. The average Bonchev–Trinajstić information content (AvgIpc) is 3.38. The monoisotopic (exact) mass is 435 g/mol. The van der Waals surface area contributed by atoms with Gasteiger partial charge in [-0.1, -0.05) is 67.0 Å². The predicted octanol–water partition coefficient (Wildman–Crippen LogP) is 4.47. The highest BCUT2D eigenvalue weighted by Crippen LogP contribution is 2.44. The molecule has 1 amide bonds. The first-order valence-electron chi connectivity index (χ1n) is 10.7. The first-order valence-corrected chi connectivity index (χ1v) is 10.7. The third kappa shape index (κ3) is 4.64. The van der Waals surface area contributed by atoms with E-state index in [1.54, 1.807) is 0 Å². The molecule has 4 rings (SSSR count). The summed E-state index contributed by atoms with van der Waals surface area (Å²) >= 11 is 0. The minimum absolute atomic E-state index is 0.0620. The van der Waals surface area contributed by atoms with Crippen molar-refractivity contribution in [1.29, 1.82) is 0 Å². The molecular weight excluding hydrogens is 410 g/mol. The number of hydrogen-bond donors (Lipinski definition) is 2. The number of carbonyl (C=O) groups is 2. The molecule has 1 aromatic heterocycles. The maximum absolute atomic E-state index is 12.6. The number of amides is 1. The minimum Gasteiger partial charge on any atom is -0.481 e. The summed E-state index contributed by atoms with van der Waals surface area (Å²) in [5.74, 6) is -0.629. The number of aromatic nitrogens is 2. The van der Waals surface area contributed by atoms with Crippen molar-refractivity contribution in [2.75, 3.05) is 6.61 Å². The first kappa shape index (κ1) is 21.5. The van der Waals surface area contributed by atoms with Gasteiger partial charge in [0.15, 0.2) is 5.82 Å². The van der Waals surface area contributed by atoms with Gasteiger partial charge in [0.2, 0.25) is 5.89 Å². The summed E-state index contributed by atoms with van der Waals surface area (Å²) < 4.78 is 10.7. The molecule has 0 fully saturated rings. The quantitative estimate of drug-likeness (QED) is 0.510. The number of alkyl carbamates (subject to hydrolysis) is 1. The normalized spacial score (nSPS) is 13.3. The number of hydrogen-bond acceptors (Lipinski definition) is 6. The molecule has 1 atom stereocenters. The third-order valence-corrected chi connectivity index (χ3v) is 5.55. The number of rotatable bonds is 9. The molecule has 0 unspecified atom stereocenters. The van der Waals surface area contributed by atoms with Crippen molar-refractivity contribution < 1.29 is 24.0 Å². The Morgan fingerprint density at radius 3 is 2.41 bits per heavy atom. The predicted molar refractivity (Wildman–Crippen MR) is 116 cm³/mol. The summed E-state index contributed by atoms with van der Waals surface area (Å²) in [6.45, 7) is 2.18. The number of nitrogens with one attached hydrogen (secondary N) is 1. The molecule has 1 aliphatic carbocycles. The number of fused-ring (bicyclic) bond motifs is 3. The summed E-state index contributed by atoms with van der Waals surface area (Å²) in [5, 5.41) is 15.7. The van der Waals surface area contributed by atoms with Gasteiger partial charge < -0.3 is 19.7 Å². The lowest BCUT2D eigenvalue weighted by atomic mass is 9.98. The van der Waals surface area contributed by atoms with Crippen LogP contribution in [0.1, 0.15) is 61.0 Å². The Labute approximate surface area is 185 Å². The lowest BCUT2D eigenvalue weighted by Gasteiger charge is -2.17. The van der Waals surface area contributed by atoms with Gasteiger partial charge in [0.25, 0.3) is 0 Å². The maximum atomic E-state index is 12.6. The molecule has 2 aromatic carbocycles. The van der Waals surface area contributed by atoms with E-state index in [0.29, 0.717) is 12.2 Å². The molecule has 32 heavy (non-hydrogen) atoms. The Morgan fingerprint density at radius 1 is 1.12 bits per heavy atom. The van der Waals surface area contributed by atoms with E-state index in [2.05, 4.69) is 27.6 Å². The number of carboxylic acids is 1. The lowest BCUT2D eigenvalue weighted by molar-refractivity contribution is -0.137. The van der Waals surface area contributed by atoms with Crippen LogP contribution in [0.2, 0.25) is 0 Å². The molecule has 0 spiro atoms. The number of aliphatic carboxylic acids is 1. The SMILES string of the molecule is CCCCc1noc([C@H](CC(=O)O)NC(=O)OCC2c3ccccc3-c3ccccc32)n1. The number of unbranched alkanes of at least 4 members (excludes halogenated alkanes) is 1. The van der Waals surface area contributed by atoms with Gasteiger partial charge in [-0.25, -0.2) is 4.79 Å². The van der Waals surface area contributed by atoms with Crippen LogP contribution in [0.15, 0.2) is 53.1 Å². The van der Waals surface area contributed by atoms with Crippen LogP contribution >= 0.6 is 0 Å². The van der Waals surface area contributed by atoms with Gasteiger partial charge in [-0.05, 0) is 28.7 Å². The van der Waals surface area contributed by atoms with Crippen molar-refractivity contribution >= 4 is 12.1 Å². The van der Waals surface area contributed by atoms with E-state index in [4.69, 9.17) is 9.26 Å². The Morgan fingerprint density at radius 2 is 1.78 bits per heavy atom. The number of ether oxygens (including phenoxy) is 1. The van der Waals surface area contributed by atoms with Crippen LogP contribution in [0, 0.1) is 0 Å². The molecule has 0 aliphatic heterocycles. The van der Waals surface area contributed by atoms with Gasteiger partial charge >= 0.3 is 12.1 Å². The van der Waals surface area contributed by atoms with Crippen molar-refractivity contribution in [3.8, 4) is 11.1 Å². The van der Waals surface area contributed by atoms with Gasteiger partial charge in [0.1, 0.15) is 12.6 Å². The molecule has 8 heteroatoms. The minimum atomic E-state index is -1.10. The Balaban J connectivity index is 1.44. The molecule has 1 heterocycles. The fourth-order valence-electron chi connectivity index (χ4n) is 4.00. The summed E-state index contributed by atoms with van der Waals surface area (Å²) in [5.41, 5.74) is 4.46. The number of carboxylic acid groups (broad SMARTS) is 1. The van der Waals surface area contributed by atoms with Crippen LogP contribution in [0.4, 0.5) is 4.79 Å². The topological polar surface area (TPSA) is 115 Å². The van der Waals surface area contributed by atoms with Gasteiger partial charge in [0.05, 0.1) is 6.42 Å². The highest BCUT2D eigenvalue weighted by atomic mass is 16.5. The molecule has 2 N–H and O–H groups in total. The molecule has 0 bridgehead atoms. The van der Waals surface area contributed by atoms with Crippen molar-refractivity contribution in [2.45, 2.75) is 44.6 Å². The Kier molecular flexibility index (Phi) is 6.49. The fourth-order valence-corrected chi connectivity index (χ4v) is 4.00. The van der Waals surface area contributed by atoms with Crippen LogP contribution in [0.25, 0.3) is 11.1 Å². The van der Waals surface area contributed by atoms with E-state index >= 15 is 0 Å².